The van der Waals surface area contributed by atoms with Crippen molar-refractivity contribution < 1.29 is 14.3 Å². The number of rotatable bonds is 9. The molecule has 0 spiro atoms. The fraction of sp³-hybridized carbons (Fsp3) is 0.333. The molecule has 2 N–H and O–H groups in total. The van der Waals surface area contributed by atoms with Crippen LogP contribution in [0.3, 0.4) is 0 Å². The highest BCUT2D eigenvalue weighted by atomic mass is 35.5. The number of methoxy groups -OCH3 is 1. The van der Waals surface area contributed by atoms with Gasteiger partial charge in [-0.15, -0.1) is 0 Å². The molecule has 0 aromatic heterocycles. The highest BCUT2D eigenvalue weighted by Crippen LogP contribution is 2.34. The van der Waals surface area contributed by atoms with E-state index in [1.54, 1.807) is 7.11 Å². The lowest BCUT2D eigenvalue weighted by Crippen LogP contribution is -2.44. The first-order valence-electron chi connectivity index (χ1n) is 11.4. The second-order valence-corrected chi connectivity index (χ2v) is 9.08. The summed E-state index contributed by atoms with van der Waals surface area (Å²) in [7, 11) is 1.67. The van der Waals surface area contributed by atoms with Gasteiger partial charge >= 0.3 is 0 Å². The Labute approximate surface area is 199 Å². The maximum absolute atomic E-state index is 12.6. The molecule has 5 nitrogen and oxygen atoms in total. The van der Waals surface area contributed by atoms with Gasteiger partial charge in [-0.05, 0) is 54.3 Å². The molecule has 1 saturated heterocycles. The number of nitrogens with one attached hydrogen (secondary N) is 2. The number of hydrogen-bond donors (Lipinski definition) is 2. The number of benzene rings is 3. The Morgan fingerprint density at radius 3 is 2.55 bits per heavy atom. The summed E-state index contributed by atoms with van der Waals surface area (Å²) in [6.07, 6.45) is 3.52. The second-order valence-electron chi connectivity index (χ2n) is 8.67. The van der Waals surface area contributed by atoms with Crippen molar-refractivity contribution in [2.75, 3.05) is 13.7 Å². The molecular formula is C27H29ClN2O3. The van der Waals surface area contributed by atoms with E-state index in [1.807, 2.05) is 48.5 Å². The van der Waals surface area contributed by atoms with E-state index in [-0.39, 0.29) is 11.8 Å². The van der Waals surface area contributed by atoms with Crippen molar-refractivity contribution in [1.82, 2.24) is 10.6 Å². The van der Waals surface area contributed by atoms with E-state index in [0.29, 0.717) is 43.7 Å². The number of amides is 2. The highest BCUT2D eigenvalue weighted by molar-refractivity contribution is 6.31. The van der Waals surface area contributed by atoms with Gasteiger partial charge in [-0.25, -0.2) is 0 Å². The predicted molar refractivity (Wildman–Crippen MR) is 132 cm³/mol. The third-order valence-corrected chi connectivity index (χ3v) is 6.83. The lowest BCUT2D eigenvalue weighted by Gasteiger charge is -2.30. The van der Waals surface area contributed by atoms with Crippen LogP contribution in [0.4, 0.5) is 0 Å². The van der Waals surface area contributed by atoms with E-state index in [2.05, 4.69) is 22.8 Å². The summed E-state index contributed by atoms with van der Waals surface area (Å²) in [5.74, 6) is 0.867. The zero-order valence-electron chi connectivity index (χ0n) is 18.8. The lowest BCUT2D eigenvalue weighted by molar-refractivity contribution is -0.122. The number of carbonyl (C=O) groups excluding carboxylic acids is 2. The summed E-state index contributed by atoms with van der Waals surface area (Å²) < 4.78 is 5.52. The molecule has 6 heteroatoms. The lowest BCUT2D eigenvalue weighted by atomic mass is 9.83. The smallest absolute Gasteiger partial charge is 0.220 e. The first-order chi connectivity index (χ1) is 16.0. The van der Waals surface area contributed by atoms with E-state index in [4.69, 9.17) is 16.3 Å². The minimum Gasteiger partial charge on any atom is -0.496 e. The SMILES string of the molecule is COc1ccc(C[C@@]2(CCC(=O)NCCc3ccccc3Cl)CCC(=O)N2)c2ccccc12. The number of carbonyl (C=O) groups is 2. The molecule has 1 aliphatic heterocycles. The molecular weight excluding hydrogens is 436 g/mol. The van der Waals surface area contributed by atoms with Gasteiger partial charge in [-0.2, -0.15) is 0 Å². The average Bonchev–Trinajstić information content (AvgIpc) is 3.20. The van der Waals surface area contributed by atoms with Crippen LogP contribution in [0.5, 0.6) is 5.75 Å². The van der Waals surface area contributed by atoms with E-state index in [1.165, 1.54) is 0 Å². The van der Waals surface area contributed by atoms with Gasteiger partial charge in [-0.1, -0.05) is 60.1 Å². The molecule has 3 aromatic carbocycles. The molecule has 1 atom stereocenters. The molecule has 33 heavy (non-hydrogen) atoms. The Hall–Kier alpha value is -3.05. The van der Waals surface area contributed by atoms with Crippen LogP contribution in [-0.4, -0.2) is 31.0 Å². The quantitative estimate of drug-likeness (QED) is 0.476. The van der Waals surface area contributed by atoms with Crippen LogP contribution in [0.25, 0.3) is 10.8 Å². The number of halogens is 1. The monoisotopic (exact) mass is 464 g/mol. The standard InChI is InChI=1S/C27H29ClN2O3/c1-33-24-11-10-20(21-7-3-4-8-22(21)24)18-27(16-13-26(32)30-27)15-12-25(31)29-17-14-19-6-2-5-9-23(19)28/h2-11H,12-18H2,1H3,(H,29,31)(H,30,32)/t27-/m1/s1. The summed E-state index contributed by atoms with van der Waals surface area (Å²) in [6.45, 7) is 0.533. The van der Waals surface area contributed by atoms with Gasteiger partial charge in [0, 0.05) is 35.3 Å². The van der Waals surface area contributed by atoms with Crippen LogP contribution >= 0.6 is 11.6 Å². The third-order valence-electron chi connectivity index (χ3n) is 6.46. The number of fused-ring (bicyclic) bond motifs is 1. The average molecular weight is 465 g/mol. The molecule has 2 amide bonds. The maximum Gasteiger partial charge on any atom is 0.220 e. The van der Waals surface area contributed by atoms with Gasteiger partial charge < -0.3 is 15.4 Å². The van der Waals surface area contributed by atoms with E-state index >= 15 is 0 Å². The molecule has 0 aliphatic carbocycles. The summed E-state index contributed by atoms with van der Waals surface area (Å²) in [5, 5.41) is 9.06. The van der Waals surface area contributed by atoms with Crippen molar-refractivity contribution >= 4 is 34.2 Å². The van der Waals surface area contributed by atoms with Gasteiger partial charge in [0.25, 0.3) is 0 Å². The second kappa shape index (κ2) is 10.3. The van der Waals surface area contributed by atoms with Gasteiger partial charge in [0.05, 0.1) is 7.11 Å². The Morgan fingerprint density at radius 2 is 1.82 bits per heavy atom. The minimum absolute atomic E-state index is 0.0119. The van der Waals surface area contributed by atoms with Crippen LogP contribution in [-0.2, 0) is 22.4 Å². The van der Waals surface area contributed by atoms with Crippen molar-refractivity contribution in [3.63, 3.8) is 0 Å². The first-order valence-corrected chi connectivity index (χ1v) is 11.7. The molecule has 0 unspecified atom stereocenters. The summed E-state index contributed by atoms with van der Waals surface area (Å²) in [6, 6.07) is 19.8. The Bertz CT molecular complexity index is 1160. The molecule has 1 aliphatic rings. The van der Waals surface area contributed by atoms with E-state index in [9.17, 15) is 9.59 Å². The Balaban J connectivity index is 1.42. The van der Waals surface area contributed by atoms with Gasteiger partial charge in [0.15, 0.2) is 0 Å². The van der Waals surface area contributed by atoms with Crippen LogP contribution in [0.2, 0.25) is 5.02 Å². The number of ether oxygens (including phenoxy) is 1. The Kier molecular flexibility index (Phi) is 7.19. The highest BCUT2D eigenvalue weighted by Gasteiger charge is 2.38. The molecule has 0 saturated carbocycles. The van der Waals surface area contributed by atoms with Gasteiger partial charge in [0.1, 0.15) is 5.75 Å². The van der Waals surface area contributed by atoms with Crippen molar-refractivity contribution in [2.24, 2.45) is 0 Å². The normalized spacial score (nSPS) is 17.7. The fourth-order valence-electron chi connectivity index (χ4n) is 4.69. The van der Waals surface area contributed by atoms with Crippen molar-refractivity contribution in [3.8, 4) is 5.75 Å². The molecule has 172 valence electrons. The molecule has 0 bridgehead atoms. The van der Waals surface area contributed by atoms with E-state index in [0.717, 1.165) is 34.1 Å². The zero-order chi connectivity index (χ0) is 23.3. The molecule has 3 aromatic rings. The van der Waals surface area contributed by atoms with Gasteiger partial charge in [0.2, 0.25) is 11.8 Å². The first kappa shape index (κ1) is 23.1. The summed E-state index contributed by atoms with van der Waals surface area (Å²) >= 11 is 6.20. The van der Waals surface area contributed by atoms with Crippen LogP contribution in [0.15, 0.2) is 60.7 Å². The molecule has 4 rings (SSSR count). The largest absolute Gasteiger partial charge is 0.496 e. The molecule has 1 heterocycles. The van der Waals surface area contributed by atoms with Crippen LogP contribution < -0.4 is 15.4 Å². The van der Waals surface area contributed by atoms with Crippen molar-refractivity contribution in [3.05, 3.63) is 76.8 Å². The van der Waals surface area contributed by atoms with Crippen LogP contribution in [0.1, 0.15) is 36.8 Å². The fourth-order valence-corrected chi connectivity index (χ4v) is 4.92. The van der Waals surface area contributed by atoms with Crippen LogP contribution in [0, 0.1) is 0 Å². The van der Waals surface area contributed by atoms with E-state index < -0.39 is 5.54 Å². The molecule has 0 radical (unpaired) electrons. The zero-order valence-corrected chi connectivity index (χ0v) is 19.6. The van der Waals surface area contributed by atoms with Gasteiger partial charge in [-0.3, -0.25) is 9.59 Å². The maximum atomic E-state index is 12.6. The number of hydrogen-bond acceptors (Lipinski definition) is 3. The Morgan fingerprint density at radius 1 is 1.06 bits per heavy atom. The van der Waals surface area contributed by atoms with Crippen molar-refractivity contribution in [1.29, 1.82) is 0 Å². The topological polar surface area (TPSA) is 67.4 Å². The minimum atomic E-state index is -0.422. The summed E-state index contributed by atoms with van der Waals surface area (Å²) in [5.41, 5.74) is 1.74. The predicted octanol–water partition coefficient (Wildman–Crippen LogP) is 4.83. The third kappa shape index (κ3) is 5.48. The summed E-state index contributed by atoms with van der Waals surface area (Å²) in [4.78, 5) is 24.7. The molecule has 1 fully saturated rings. The van der Waals surface area contributed by atoms with Crippen molar-refractivity contribution in [2.45, 2.75) is 44.1 Å².